The number of aliphatic carboxylic acids is 1. The van der Waals surface area contributed by atoms with Gasteiger partial charge in [-0.1, -0.05) is 0 Å². The van der Waals surface area contributed by atoms with Crippen molar-refractivity contribution in [2.24, 2.45) is 0 Å². The van der Waals surface area contributed by atoms with Crippen molar-refractivity contribution >= 4 is 11.9 Å². The van der Waals surface area contributed by atoms with Crippen LogP contribution in [0.15, 0.2) is 22.6 Å². The van der Waals surface area contributed by atoms with Crippen LogP contribution >= 0.6 is 0 Å². The number of carbonyl (C=O) groups is 2. The lowest BCUT2D eigenvalue weighted by molar-refractivity contribution is -0.145. The maximum absolute atomic E-state index is 12.1. The summed E-state index contributed by atoms with van der Waals surface area (Å²) in [6, 6.07) is 5.02. The quantitative estimate of drug-likeness (QED) is 0.738. The van der Waals surface area contributed by atoms with Crippen molar-refractivity contribution in [3.05, 3.63) is 29.7 Å². The average molecular weight is 307 g/mol. The number of carbonyl (C=O) groups excluding carboxylic acids is 1. The zero-order valence-corrected chi connectivity index (χ0v) is 12.5. The van der Waals surface area contributed by atoms with Gasteiger partial charge in [-0.05, 0) is 26.0 Å². The van der Waals surface area contributed by atoms with Gasteiger partial charge in [0.15, 0.2) is 17.0 Å². The predicted octanol–water partition coefficient (Wildman–Crippen LogP) is 1.20. The van der Waals surface area contributed by atoms with Gasteiger partial charge in [0.25, 0.3) is 5.91 Å². The minimum atomic E-state index is -1.54. The van der Waals surface area contributed by atoms with Crippen LogP contribution in [0.5, 0.6) is 0 Å². The second-order valence-corrected chi connectivity index (χ2v) is 5.10. The summed E-state index contributed by atoms with van der Waals surface area (Å²) in [4.78, 5) is 23.4. The average Bonchev–Trinajstić information content (AvgIpc) is 3.07. The summed E-state index contributed by atoms with van der Waals surface area (Å²) >= 11 is 0. The van der Waals surface area contributed by atoms with Crippen LogP contribution in [0.25, 0.3) is 11.5 Å². The number of aryl methyl sites for hydroxylation is 1. The Hall–Kier alpha value is -2.61. The molecule has 0 saturated carbocycles. The predicted molar refractivity (Wildman–Crippen MR) is 76.4 cm³/mol. The molecule has 0 radical (unpaired) electrons. The molecule has 0 fully saturated rings. The van der Waals surface area contributed by atoms with E-state index < -0.39 is 17.4 Å². The molecule has 0 aliphatic carbocycles. The first kappa shape index (κ1) is 15.8. The number of nitrogens with zero attached hydrogens (tertiary/aromatic N) is 1. The van der Waals surface area contributed by atoms with E-state index in [1.165, 1.54) is 20.1 Å². The topological polar surface area (TPSA) is 117 Å². The van der Waals surface area contributed by atoms with E-state index >= 15 is 0 Å². The molecule has 0 aromatic carbocycles. The normalized spacial score (nSPS) is 13.6. The Morgan fingerprint density at radius 1 is 1.50 bits per heavy atom. The van der Waals surface area contributed by atoms with Crippen molar-refractivity contribution < 1.29 is 23.8 Å². The third-order valence-corrected chi connectivity index (χ3v) is 3.11. The van der Waals surface area contributed by atoms with E-state index in [0.29, 0.717) is 11.5 Å². The summed E-state index contributed by atoms with van der Waals surface area (Å²) in [5, 5.41) is 18.2. The lowest BCUT2D eigenvalue weighted by atomic mass is 10.0. The number of rotatable bonds is 6. The number of ether oxygens (including phenoxy) is 1. The number of amides is 1. The SMILES string of the molecule is COCC(C)(NC(=O)c1cc(-c2ccc(C)o2)[nH]n1)C(=O)O. The van der Waals surface area contributed by atoms with Crippen molar-refractivity contribution in [2.45, 2.75) is 19.4 Å². The molecular weight excluding hydrogens is 290 g/mol. The maximum Gasteiger partial charge on any atom is 0.331 e. The highest BCUT2D eigenvalue weighted by molar-refractivity contribution is 5.97. The van der Waals surface area contributed by atoms with Crippen LogP contribution in [-0.4, -0.2) is 46.4 Å². The Morgan fingerprint density at radius 3 is 2.77 bits per heavy atom. The second kappa shape index (κ2) is 6.02. The number of carboxylic acid groups (broad SMARTS) is 1. The molecule has 8 nitrogen and oxygen atoms in total. The van der Waals surface area contributed by atoms with Gasteiger partial charge >= 0.3 is 5.97 Å². The van der Waals surface area contributed by atoms with Gasteiger partial charge in [0, 0.05) is 13.2 Å². The van der Waals surface area contributed by atoms with Crippen LogP contribution in [0.2, 0.25) is 0 Å². The molecule has 2 aromatic rings. The first-order chi connectivity index (χ1) is 10.4. The van der Waals surface area contributed by atoms with Gasteiger partial charge in [-0.3, -0.25) is 9.89 Å². The number of carboxylic acids is 1. The molecule has 0 aliphatic heterocycles. The molecule has 0 aliphatic rings. The molecule has 22 heavy (non-hydrogen) atoms. The molecule has 1 atom stereocenters. The van der Waals surface area contributed by atoms with E-state index in [4.69, 9.17) is 9.15 Å². The van der Waals surface area contributed by atoms with Crippen LogP contribution in [-0.2, 0) is 9.53 Å². The standard InChI is InChI=1S/C14H17N3O5/c1-8-4-5-11(22-8)9-6-10(17-16-9)12(18)15-14(2,7-21-3)13(19)20/h4-6H,7H2,1-3H3,(H,15,18)(H,16,17)(H,19,20). The minimum Gasteiger partial charge on any atom is -0.479 e. The first-order valence-electron chi connectivity index (χ1n) is 6.53. The summed E-state index contributed by atoms with van der Waals surface area (Å²) < 4.78 is 10.3. The zero-order valence-electron chi connectivity index (χ0n) is 12.5. The van der Waals surface area contributed by atoms with Crippen molar-refractivity contribution in [1.29, 1.82) is 0 Å². The number of H-pyrrole nitrogens is 1. The minimum absolute atomic E-state index is 0.0626. The summed E-state index contributed by atoms with van der Waals surface area (Å²) in [6.45, 7) is 3.00. The van der Waals surface area contributed by atoms with Crippen molar-refractivity contribution in [3.63, 3.8) is 0 Å². The van der Waals surface area contributed by atoms with E-state index in [2.05, 4.69) is 15.5 Å². The van der Waals surface area contributed by atoms with Gasteiger partial charge in [0.05, 0.1) is 6.61 Å². The van der Waals surface area contributed by atoms with Crippen molar-refractivity contribution in [2.75, 3.05) is 13.7 Å². The van der Waals surface area contributed by atoms with E-state index in [0.717, 1.165) is 5.76 Å². The van der Waals surface area contributed by atoms with Crippen LogP contribution in [0.4, 0.5) is 0 Å². The Balaban J connectivity index is 2.16. The van der Waals surface area contributed by atoms with E-state index in [-0.39, 0.29) is 12.3 Å². The maximum atomic E-state index is 12.1. The van der Waals surface area contributed by atoms with Crippen molar-refractivity contribution in [3.8, 4) is 11.5 Å². The van der Waals surface area contributed by atoms with E-state index in [9.17, 15) is 14.7 Å². The Morgan fingerprint density at radius 2 is 2.23 bits per heavy atom. The van der Waals surface area contributed by atoms with Gasteiger partial charge in [-0.25, -0.2) is 4.79 Å². The Kier molecular flexibility index (Phi) is 4.32. The fourth-order valence-electron chi connectivity index (χ4n) is 1.90. The fraction of sp³-hybridized carbons (Fsp3) is 0.357. The number of methoxy groups -OCH3 is 1. The molecule has 2 aromatic heterocycles. The molecule has 0 bridgehead atoms. The summed E-state index contributed by atoms with van der Waals surface area (Å²) in [5.41, 5.74) is -0.943. The number of aromatic amines is 1. The lowest BCUT2D eigenvalue weighted by Gasteiger charge is -2.24. The highest BCUT2D eigenvalue weighted by Gasteiger charge is 2.35. The molecule has 2 heterocycles. The van der Waals surface area contributed by atoms with Gasteiger partial charge < -0.3 is 19.6 Å². The van der Waals surface area contributed by atoms with Gasteiger partial charge in [0.2, 0.25) is 0 Å². The van der Waals surface area contributed by atoms with Gasteiger partial charge in [-0.15, -0.1) is 0 Å². The Labute approximate surface area is 126 Å². The summed E-state index contributed by atoms with van der Waals surface area (Å²) in [6.07, 6.45) is 0. The molecule has 3 N–H and O–H groups in total. The molecular formula is C14H17N3O5. The number of furan rings is 1. The Bertz CT molecular complexity index is 690. The van der Waals surface area contributed by atoms with Crippen LogP contribution in [0.3, 0.4) is 0 Å². The first-order valence-corrected chi connectivity index (χ1v) is 6.53. The number of hydrogen-bond donors (Lipinski definition) is 3. The molecule has 1 unspecified atom stereocenters. The molecule has 0 saturated heterocycles. The number of aromatic nitrogens is 2. The highest BCUT2D eigenvalue weighted by atomic mass is 16.5. The largest absolute Gasteiger partial charge is 0.479 e. The summed E-state index contributed by atoms with van der Waals surface area (Å²) in [7, 11) is 1.36. The lowest BCUT2D eigenvalue weighted by Crippen LogP contribution is -2.55. The monoisotopic (exact) mass is 307 g/mol. The molecule has 8 heteroatoms. The molecule has 1 amide bonds. The van der Waals surface area contributed by atoms with E-state index in [1.54, 1.807) is 19.1 Å². The molecule has 118 valence electrons. The third-order valence-electron chi connectivity index (χ3n) is 3.11. The fourth-order valence-corrected chi connectivity index (χ4v) is 1.90. The second-order valence-electron chi connectivity index (χ2n) is 5.10. The zero-order chi connectivity index (χ0) is 16.3. The van der Waals surface area contributed by atoms with Gasteiger partial charge in [-0.2, -0.15) is 5.10 Å². The molecule has 0 spiro atoms. The van der Waals surface area contributed by atoms with Crippen LogP contribution in [0.1, 0.15) is 23.2 Å². The molecule has 2 rings (SSSR count). The van der Waals surface area contributed by atoms with Gasteiger partial charge in [0.1, 0.15) is 11.5 Å². The highest BCUT2D eigenvalue weighted by Crippen LogP contribution is 2.20. The third kappa shape index (κ3) is 3.17. The smallest absolute Gasteiger partial charge is 0.331 e. The number of hydrogen-bond acceptors (Lipinski definition) is 5. The van der Waals surface area contributed by atoms with E-state index in [1.807, 2.05) is 0 Å². The van der Waals surface area contributed by atoms with Crippen molar-refractivity contribution in [1.82, 2.24) is 15.5 Å². The van der Waals surface area contributed by atoms with Crippen LogP contribution < -0.4 is 5.32 Å². The summed E-state index contributed by atoms with van der Waals surface area (Å²) in [5.74, 6) is -0.538. The van der Waals surface area contributed by atoms with Crippen LogP contribution in [0, 0.1) is 6.92 Å². The number of nitrogens with one attached hydrogen (secondary N) is 2.